The molecule has 2 aromatic heterocycles. The van der Waals surface area contributed by atoms with Gasteiger partial charge in [0, 0.05) is 18.7 Å². The zero-order valence-electron chi connectivity index (χ0n) is 13.1. The third-order valence-electron chi connectivity index (χ3n) is 4.18. The second-order valence-electron chi connectivity index (χ2n) is 6.17. The van der Waals surface area contributed by atoms with Gasteiger partial charge in [-0.05, 0) is 43.5 Å². The van der Waals surface area contributed by atoms with Gasteiger partial charge in [-0.3, -0.25) is 9.59 Å². The first-order valence-electron chi connectivity index (χ1n) is 7.49. The molecule has 2 heterocycles. The van der Waals surface area contributed by atoms with E-state index in [1.807, 2.05) is 12.1 Å². The molecule has 0 unspecified atom stereocenters. The number of carbonyl (C=O) groups excluding carboxylic acids is 1. The number of amides is 1. The number of rotatable bonds is 4. The number of hydrogen-bond acceptors (Lipinski definition) is 3. The average molecular weight is 300 g/mol. The van der Waals surface area contributed by atoms with Gasteiger partial charge in [-0.25, -0.2) is 0 Å². The van der Waals surface area contributed by atoms with Crippen molar-refractivity contribution in [1.29, 1.82) is 0 Å². The molecule has 1 amide bonds. The second-order valence-corrected chi connectivity index (χ2v) is 6.17. The molecular weight excluding hydrogens is 280 g/mol. The van der Waals surface area contributed by atoms with E-state index in [9.17, 15) is 9.59 Å². The number of hydrogen-bond donors (Lipinski definition) is 1. The zero-order valence-corrected chi connectivity index (χ0v) is 13.1. The number of aryl methyl sites for hydroxylation is 1. The van der Waals surface area contributed by atoms with Crippen LogP contribution >= 0.6 is 0 Å². The molecule has 3 rings (SSSR count). The maximum atomic E-state index is 12.4. The Labute approximate surface area is 128 Å². The standard InChI is InChI=1S/C17H20N2O3/c1-10-8-14(10)15-7-5-12(22-15)9-19(3)17(21)13-6-4-11(2)18-16(13)20/h4-7,10,14H,8-9H2,1-3H3,(H,18,20)/t10-,14+/m1/s1. The Morgan fingerprint density at radius 3 is 2.73 bits per heavy atom. The van der Waals surface area contributed by atoms with Crippen LogP contribution in [-0.4, -0.2) is 22.8 Å². The van der Waals surface area contributed by atoms with E-state index in [4.69, 9.17) is 4.42 Å². The molecule has 1 aliphatic rings. The summed E-state index contributed by atoms with van der Waals surface area (Å²) in [6.45, 7) is 4.34. The minimum Gasteiger partial charge on any atom is -0.464 e. The largest absolute Gasteiger partial charge is 0.464 e. The summed E-state index contributed by atoms with van der Waals surface area (Å²) in [6, 6.07) is 7.18. The van der Waals surface area contributed by atoms with Crippen molar-refractivity contribution >= 4 is 5.91 Å². The molecule has 1 N–H and O–H groups in total. The van der Waals surface area contributed by atoms with Gasteiger partial charge in [-0.15, -0.1) is 0 Å². The fraction of sp³-hybridized carbons (Fsp3) is 0.412. The summed E-state index contributed by atoms with van der Waals surface area (Å²) in [5.74, 6) is 2.64. The number of nitrogens with zero attached hydrogens (tertiary/aromatic N) is 1. The molecule has 0 bridgehead atoms. The molecule has 1 fully saturated rings. The van der Waals surface area contributed by atoms with E-state index in [1.165, 1.54) is 11.3 Å². The van der Waals surface area contributed by atoms with Gasteiger partial charge in [0.25, 0.3) is 11.5 Å². The van der Waals surface area contributed by atoms with Gasteiger partial charge >= 0.3 is 0 Å². The van der Waals surface area contributed by atoms with Crippen LogP contribution in [0.4, 0.5) is 0 Å². The normalized spacial score (nSPS) is 20.0. The third kappa shape index (κ3) is 2.84. The highest BCUT2D eigenvalue weighted by Gasteiger charge is 2.36. The van der Waals surface area contributed by atoms with Crippen LogP contribution in [0.25, 0.3) is 0 Å². The van der Waals surface area contributed by atoms with Gasteiger partial charge in [0.05, 0.1) is 6.54 Å². The van der Waals surface area contributed by atoms with Crippen molar-refractivity contribution in [2.75, 3.05) is 7.05 Å². The van der Waals surface area contributed by atoms with E-state index >= 15 is 0 Å². The van der Waals surface area contributed by atoms with Gasteiger partial charge < -0.3 is 14.3 Å². The van der Waals surface area contributed by atoms with Crippen molar-refractivity contribution in [1.82, 2.24) is 9.88 Å². The quantitative estimate of drug-likeness (QED) is 0.944. The minimum absolute atomic E-state index is 0.149. The zero-order chi connectivity index (χ0) is 15.9. The highest BCUT2D eigenvalue weighted by Crippen LogP contribution is 2.47. The molecular formula is C17H20N2O3. The fourth-order valence-corrected chi connectivity index (χ4v) is 2.65. The highest BCUT2D eigenvalue weighted by atomic mass is 16.3. The van der Waals surface area contributed by atoms with E-state index in [1.54, 1.807) is 26.1 Å². The maximum absolute atomic E-state index is 12.4. The van der Waals surface area contributed by atoms with E-state index < -0.39 is 0 Å². The number of aromatic amines is 1. The molecule has 0 aromatic carbocycles. The predicted octanol–water partition coefficient (Wildman–Crippen LogP) is 2.67. The Bertz CT molecular complexity index is 759. The van der Waals surface area contributed by atoms with Crippen LogP contribution in [-0.2, 0) is 6.54 Å². The monoisotopic (exact) mass is 300 g/mol. The number of nitrogens with one attached hydrogen (secondary N) is 1. The number of aromatic nitrogens is 1. The first-order valence-corrected chi connectivity index (χ1v) is 7.49. The first kappa shape index (κ1) is 14.6. The number of H-pyrrole nitrogens is 1. The van der Waals surface area contributed by atoms with Crippen molar-refractivity contribution in [3.8, 4) is 0 Å². The fourth-order valence-electron chi connectivity index (χ4n) is 2.65. The lowest BCUT2D eigenvalue weighted by molar-refractivity contribution is 0.0773. The summed E-state index contributed by atoms with van der Waals surface area (Å²) in [5, 5.41) is 0. The molecule has 0 spiro atoms. The number of furan rings is 1. The van der Waals surface area contributed by atoms with Crippen LogP contribution in [0, 0.1) is 12.8 Å². The van der Waals surface area contributed by atoms with Gasteiger partial charge in [0.1, 0.15) is 17.1 Å². The van der Waals surface area contributed by atoms with Gasteiger partial charge in [0.2, 0.25) is 0 Å². The van der Waals surface area contributed by atoms with Crippen LogP contribution in [0.2, 0.25) is 0 Å². The summed E-state index contributed by atoms with van der Waals surface area (Å²) < 4.78 is 5.80. The van der Waals surface area contributed by atoms with Crippen molar-refractivity contribution < 1.29 is 9.21 Å². The molecule has 0 radical (unpaired) electrons. The molecule has 5 heteroatoms. The Balaban J connectivity index is 1.70. The SMILES string of the molecule is Cc1ccc(C(=O)N(C)Cc2ccc([C@H]3C[C@H]3C)o2)c(=O)[nH]1. The molecule has 0 saturated heterocycles. The lowest BCUT2D eigenvalue weighted by Crippen LogP contribution is -2.31. The number of pyridine rings is 1. The molecule has 1 aliphatic carbocycles. The van der Waals surface area contributed by atoms with E-state index in [0.29, 0.717) is 18.4 Å². The summed E-state index contributed by atoms with van der Waals surface area (Å²) >= 11 is 0. The molecule has 22 heavy (non-hydrogen) atoms. The molecule has 5 nitrogen and oxygen atoms in total. The average Bonchev–Trinajstić information content (AvgIpc) is 3.01. The van der Waals surface area contributed by atoms with Crippen molar-refractivity contribution in [2.45, 2.75) is 32.7 Å². The minimum atomic E-state index is -0.358. The lowest BCUT2D eigenvalue weighted by Gasteiger charge is -2.15. The van der Waals surface area contributed by atoms with Crippen molar-refractivity contribution in [3.63, 3.8) is 0 Å². The highest BCUT2D eigenvalue weighted by molar-refractivity contribution is 5.93. The maximum Gasteiger partial charge on any atom is 0.260 e. The summed E-state index contributed by atoms with van der Waals surface area (Å²) in [6.07, 6.45) is 1.17. The van der Waals surface area contributed by atoms with Gasteiger partial charge in [0.15, 0.2) is 0 Å². The van der Waals surface area contributed by atoms with Crippen LogP contribution in [0.5, 0.6) is 0 Å². The molecule has 2 atom stereocenters. The number of carbonyl (C=O) groups is 1. The Morgan fingerprint density at radius 1 is 1.36 bits per heavy atom. The van der Waals surface area contributed by atoms with E-state index in [0.717, 1.165) is 17.2 Å². The summed E-state index contributed by atoms with van der Waals surface area (Å²) in [4.78, 5) is 28.3. The summed E-state index contributed by atoms with van der Waals surface area (Å²) in [7, 11) is 1.67. The van der Waals surface area contributed by atoms with Gasteiger partial charge in [-0.1, -0.05) is 6.92 Å². The third-order valence-corrected chi connectivity index (χ3v) is 4.18. The van der Waals surface area contributed by atoms with Crippen molar-refractivity contribution in [2.24, 2.45) is 5.92 Å². The molecule has 2 aromatic rings. The molecule has 0 aliphatic heterocycles. The van der Waals surface area contributed by atoms with Crippen LogP contribution in [0.15, 0.2) is 33.5 Å². The van der Waals surface area contributed by atoms with Crippen LogP contribution in [0.3, 0.4) is 0 Å². The Hall–Kier alpha value is -2.30. The van der Waals surface area contributed by atoms with Crippen LogP contribution < -0.4 is 5.56 Å². The first-order chi connectivity index (χ1) is 10.5. The van der Waals surface area contributed by atoms with Crippen LogP contribution in [0.1, 0.15) is 46.8 Å². The summed E-state index contributed by atoms with van der Waals surface area (Å²) in [5.41, 5.74) is 0.526. The predicted molar refractivity (Wildman–Crippen MR) is 82.8 cm³/mol. The van der Waals surface area contributed by atoms with E-state index in [2.05, 4.69) is 11.9 Å². The molecule has 1 saturated carbocycles. The topological polar surface area (TPSA) is 66.3 Å². The van der Waals surface area contributed by atoms with E-state index in [-0.39, 0.29) is 17.0 Å². The Kier molecular flexibility index (Phi) is 3.64. The van der Waals surface area contributed by atoms with Gasteiger partial charge in [-0.2, -0.15) is 0 Å². The van der Waals surface area contributed by atoms with Crippen molar-refractivity contribution in [3.05, 3.63) is 57.4 Å². The smallest absolute Gasteiger partial charge is 0.260 e. The Morgan fingerprint density at radius 2 is 2.09 bits per heavy atom. The second kappa shape index (κ2) is 5.48. The molecule has 116 valence electrons. The lowest BCUT2D eigenvalue weighted by atomic mass is 10.2.